The van der Waals surface area contributed by atoms with Crippen molar-refractivity contribution in [3.8, 4) is 11.3 Å². The minimum Gasteiger partial charge on any atom is -0.444 e. The van der Waals surface area contributed by atoms with Gasteiger partial charge in [0, 0.05) is 30.4 Å². The van der Waals surface area contributed by atoms with Crippen molar-refractivity contribution in [2.75, 3.05) is 25.0 Å². The lowest BCUT2D eigenvalue weighted by Crippen LogP contribution is -2.48. The van der Waals surface area contributed by atoms with Crippen molar-refractivity contribution >= 4 is 17.7 Å². The second-order valence-electron chi connectivity index (χ2n) is 9.13. The SMILES string of the molecule is CCCc1cc(-c2cccc(NC(C)=O)c2)nn1CC1CN(C(=O)OC(C)(C)C)CCO1. The zero-order chi connectivity index (χ0) is 23.3. The van der Waals surface area contributed by atoms with Crippen molar-refractivity contribution in [1.82, 2.24) is 14.7 Å². The van der Waals surface area contributed by atoms with Crippen LogP contribution in [0.2, 0.25) is 0 Å². The number of aryl methyl sites for hydroxylation is 1. The van der Waals surface area contributed by atoms with Crippen molar-refractivity contribution < 1.29 is 19.1 Å². The number of aromatic nitrogens is 2. The number of benzene rings is 1. The number of morpholine rings is 1. The number of ether oxygens (including phenoxy) is 2. The first kappa shape index (κ1) is 23.8. The summed E-state index contributed by atoms with van der Waals surface area (Å²) in [6.07, 6.45) is 1.41. The van der Waals surface area contributed by atoms with Crippen molar-refractivity contribution in [2.45, 2.75) is 65.7 Å². The topological polar surface area (TPSA) is 85.7 Å². The highest BCUT2D eigenvalue weighted by Gasteiger charge is 2.29. The van der Waals surface area contributed by atoms with Crippen molar-refractivity contribution in [2.24, 2.45) is 0 Å². The highest BCUT2D eigenvalue weighted by molar-refractivity contribution is 5.89. The molecule has 32 heavy (non-hydrogen) atoms. The maximum Gasteiger partial charge on any atom is 0.410 e. The van der Waals surface area contributed by atoms with Gasteiger partial charge in [-0.25, -0.2) is 4.79 Å². The number of hydrogen-bond donors (Lipinski definition) is 1. The van der Waals surface area contributed by atoms with E-state index in [1.54, 1.807) is 4.90 Å². The lowest BCUT2D eigenvalue weighted by Gasteiger charge is -2.34. The predicted octanol–water partition coefficient (Wildman–Crippen LogP) is 4.10. The van der Waals surface area contributed by atoms with Gasteiger partial charge in [0.05, 0.1) is 31.5 Å². The molecule has 174 valence electrons. The van der Waals surface area contributed by atoms with Crippen LogP contribution >= 0.6 is 0 Å². The average Bonchev–Trinajstić information content (AvgIpc) is 3.09. The van der Waals surface area contributed by atoms with Gasteiger partial charge in [0.2, 0.25) is 5.91 Å². The summed E-state index contributed by atoms with van der Waals surface area (Å²) < 4.78 is 13.4. The maximum absolute atomic E-state index is 12.5. The summed E-state index contributed by atoms with van der Waals surface area (Å²) in [4.78, 5) is 25.6. The summed E-state index contributed by atoms with van der Waals surface area (Å²) >= 11 is 0. The first-order chi connectivity index (χ1) is 15.1. The Bertz CT molecular complexity index is 948. The van der Waals surface area contributed by atoms with Crippen molar-refractivity contribution in [3.05, 3.63) is 36.0 Å². The van der Waals surface area contributed by atoms with E-state index in [9.17, 15) is 9.59 Å². The molecule has 8 nitrogen and oxygen atoms in total. The minimum absolute atomic E-state index is 0.108. The molecule has 0 spiro atoms. The van der Waals surface area contributed by atoms with Crippen LogP contribution in [0.4, 0.5) is 10.5 Å². The van der Waals surface area contributed by atoms with E-state index >= 15 is 0 Å². The summed E-state index contributed by atoms with van der Waals surface area (Å²) in [5.74, 6) is -0.108. The average molecular weight is 443 g/mol. The molecule has 0 aliphatic carbocycles. The summed E-state index contributed by atoms with van der Waals surface area (Å²) in [5, 5.41) is 7.65. The van der Waals surface area contributed by atoms with Crippen LogP contribution < -0.4 is 5.32 Å². The fourth-order valence-electron chi connectivity index (χ4n) is 3.69. The third-order valence-electron chi connectivity index (χ3n) is 5.02. The molecule has 1 unspecified atom stereocenters. The van der Waals surface area contributed by atoms with E-state index in [1.165, 1.54) is 6.92 Å². The molecule has 2 aromatic rings. The van der Waals surface area contributed by atoms with Crippen LogP contribution in [-0.4, -0.2) is 58.1 Å². The summed E-state index contributed by atoms with van der Waals surface area (Å²) in [6.45, 7) is 11.2. The van der Waals surface area contributed by atoms with Gasteiger partial charge in [0.15, 0.2) is 0 Å². The molecule has 1 saturated heterocycles. The van der Waals surface area contributed by atoms with E-state index < -0.39 is 5.60 Å². The van der Waals surface area contributed by atoms with Gasteiger partial charge in [-0.3, -0.25) is 9.48 Å². The van der Waals surface area contributed by atoms with E-state index in [1.807, 2.05) is 49.7 Å². The van der Waals surface area contributed by atoms with Gasteiger partial charge in [0.1, 0.15) is 5.60 Å². The number of carbonyl (C=O) groups is 2. The molecule has 2 amide bonds. The van der Waals surface area contributed by atoms with Gasteiger partial charge in [-0.05, 0) is 45.4 Å². The maximum atomic E-state index is 12.5. The summed E-state index contributed by atoms with van der Waals surface area (Å²) in [6, 6.07) is 9.75. The van der Waals surface area contributed by atoms with Crippen LogP contribution in [-0.2, 0) is 27.2 Å². The van der Waals surface area contributed by atoms with Gasteiger partial charge in [0.25, 0.3) is 0 Å². The molecule has 1 N–H and O–H groups in total. The Morgan fingerprint density at radius 1 is 1.28 bits per heavy atom. The zero-order valence-electron chi connectivity index (χ0n) is 19.7. The van der Waals surface area contributed by atoms with Gasteiger partial charge in [-0.15, -0.1) is 0 Å². The monoisotopic (exact) mass is 442 g/mol. The quantitative estimate of drug-likeness (QED) is 0.728. The molecule has 1 aliphatic rings. The number of nitrogens with one attached hydrogen (secondary N) is 1. The molecule has 3 rings (SSSR count). The highest BCUT2D eigenvalue weighted by Crippen LogP contribution is 2.24. The van der Waals surface area contributed by atoms with Gasteiger partial charge >= 0.3 is 6.09 Å². The number of amides is 2. The van der Waals surface area contributed by atoms with E-state index in [4.69, 9.17) is 14.6 Å². The van der Waals surface area contributed by atoms with Crippen LogP contribution in [0.15, 0.2) is 30.3 Å². The Kier molecular flexibility index (Phi) is 7.56. The largest absolute Gasteiger partial charge is 0.444 e. The Labute approximate surface area is 189 Å². The number of rotatable bonds is 6. The molecule has 1 aromatic carbocycles. The van der Waals surface area contributed by atoms with Crippen LogP contribution in [0, 0.1) is 0 Å². The Balaban J connectivity index is 1.76. The fraction of sp³-hybridized carbons (Fsp3) is 0.542. The van der Waals surface area contributed by atoms with Crippen LogP contribution in [0.3, 0.4) is 0 Å². The molecule has 1 atom stereocenters. The lowest BCUT2D eigenvalue weighted by atomic mass is 10.1. The molecule has 0 radical (unpaired) electrons. The number of nitrogens with zero attached hydrogens (tertiary/aromatic N) is 3. The van der Waals surface area contributed by atoms with Crippen molar-refractivity contribution in [3.63, 3.8) is 0 Å². The smallest absolute Gasteiger partial charge is 0.410 e. The Hall–Kier alpha value is -2.87. The zero-order valence-corrected chi connectivity index (χ0v) is 19.7. The van der Waals surface area contributed by atoms with E-state index in [0.29, 0.717) is 26.2 Å². The second kappa shape index (κ2) is 10.2. The molecular weight excluding hydrogens is 408 g/mol. The molecule has 0 bridgehead atoms. The predicted molar refractivity (Wildman–Crippen MR) is 124 cm³/mol. The van der Waals surface area contributed by atoms with E-state index in [0.717, 1.165) is 35.5 Å². The standard InChI is InChI=1S/C24H34N4O4/c1-6-8-20-14-22(18-9-7-10-19(13-18)25-17(2)29)26-28(20)16-21-15-27(11-12-31-21)23(30)32-24(3,4)5/h7,9-10,13-14,21H,6,8,11-12,15-16H2,1-5H3,(H,25,29). The van der Waals surface area contributed by atoms with E-state index in [-0.39, 0.29) is 18.1 Å². The van der Waals surface area contributed by atoms with Crippen LogP contribution in [0.1, 0.15) is 46.7 Å². The first-order valence-electron chi connectivity index (χ1n) is 11.2. The van der Waals surface area contributed by atoms with Crippen LogP contribution in [0.5, 0.6) is 0 Å². The molecular formula is C24H34N4O4. The van der Waals surface area contributed by atoms with E-state index in [2.05, 4.69) is 18.3 Å². The number of hydrogen-bond acceptors (Lipinski definition) is 5. The fourth-order valence-corrected chi connectivity index (χ4v) is 3.69. The number of anilines is 1. The van der Waals surface area contributed by atoms with Gasteiger partial charge < -0.3 is 19.7 Å². The normalized spacial score (nSPS) is 16.7. The summed E-state index contributed by atoms with van der Waals surface area (Å²) in [5.41, 5.74) is 3.12. The molecule has 2 heterocycles. The second-order valence-corrected chi connectivity index (χ2v) is 9.13. The molecule has 1 aliphatic heterocycles. The Morgan fingerprint density at radius 3 is 2.75 bits per heavy atom. The van der Waals surface area contributed by atoms with Crippen LogP contribution in [0.25, 0.3) is 11.3 Å². The van der Waals surface area contributed by atoms with Crippen molar-refractivity contribution in [1.29, 1.82) is 0 Å². The van der Waals surface area contributed by atoms with Gasteiger partial charge in [-0.2, -0.15) is 5.10 Å². The number of carbonyl (C=O) groups excluding carboxylic acids is 2. The lowest BCUT2D eigenvalue weighted by molar-refractivity contribution is -0.114. The summed E-state index contributed by atoms with van der Waals surface area (Å²) in [7, 11) is 0. The molecule has 8 heteroatoms. The molecule has 1 fully saturated rings. The third-order valence-corrected chi connectivity index (χ3v) is 5.02. The highest BCUT2D eigenvalue weighted by atomic mass is 16.6. The Morgan fingerprint density at radius 2 is 2.06 bits per heavy atom. The van der Waals surface area contributed by atoms with Gasteiger partial charge in [-0.1, -0.05) is 25.5 Å². The first-order valence-corrected chi connectivity index (χ1v) is 11.2. The third kappa shape index (κ3) is 6.56. The molecule has 1 aromatic heterocycles. The minimum atomic E-state index is -0.526. The molecule has 0 saturated carbocycles.